The molecule has 19 heavy (non-hydrogen) atoms. The highest BCUT2D eigenvalue weighted by Crippen LogP contribution is 2.38. The van der Waals surface area contributed by atoms with E-state index < -0.39 is 11.7 Å². The molecule has 0 aromatic carbocycles. The van der Waals surface area contributed by atoms with Crippen LogP contribution in [0.4, 0.5) is 0 Å². The molecule has 0 fully saturated rings. The highest BCUT2D eigenvalue weighted by molar-refractivity contribution is 6.31. The number of hydrogen-bond acceptors (Lipinski definition) is 3. The molecule has 0 spiro atoms. The molecule has 1 atom stereocenters. The Morgan fingerprint density at radius 2 is 1.95 bits per heavy atom. The second kappa shape index (κ2) is 6.73. The van der Waals surface area contributed by atoms with Crippen LogP contribution < -0.4 is 0 Å². The van der Waals surface area contributed by atoms with E-state index in [0.717, 1.165) is 12.8 Å². The number of ether oxygens (including phenoxy) is 1. The molecule has 0 radical (unpaired) electrons. The topological polar surface area (TPSA) is 47.3 Å². The number of rotatable bonds is 7. The number of halogens is 1. The Hall–Kier alpha value is -0.580. The summed E-state index contributed by atoms with van der Waals surface area (Å²) in [6.45, 7) is 10.6. The molecule has 0 aliphatic heterocycles. The zero-order valence-electron chi connectivity index (χ0n) is 12.5. The van der Waals surface area contributed by atoms with E-state index in [4.69, 9.17) is 16.3 Å². The van der Waals surface area contributed by atoms with Crippen molar-refractivity contribution in [3.8, 4) is 0 Å². The van der Waals surface area contributed by atoms with E-state index >= 15 is 0 Å². The van der Waals surface area contributed by atoms with Gasteiger partial charge in [0.05, 0.1) is 22.5 Å². The average molecular weight is 289 g/mol. The lowest BCUT2D eigenvalue weighted by Crippen LogP contribution is -2.39. The number of aliphatic hydroxyl groups excluding tert-OH is 1. The molecule has 1 rings (SSSR count). The molecule has 110 valence electrons. The van der Waals surface area contributed by atoms with E-state index in [1.807, 2.05) is 34.6 Å². The predicted octanol–water partition coefficient (Wildman–Crippen LogP) is 3.75. The Kier molecular flexibility index (Phi) is 5.83. The lowest BCUT2D eigenvalue weighted by atomic mass is 9.88. The largest absolute Gasteiger partial charge is 0.384 e. The Bertz CT molecular complexity index is 400. The maximum absolute atomic E-state index is 10.8. The summed E-state index contributed by atoms with van der Waals surface area (Å²) in [5.41, 5.74) is 0.0410. The van der Waals surface area contributed by atoms with Crippen molar-refractivity contribution in [2.75, 3.05) is 6.61 Å². The summed E-state index contributed by atoms with van der Waals surface area (Å²) in [5, 5.41) is 15.5. The van der Waals surface area contributed by atoms with Crippen molar-refractivity contribution in [1.29, 1.82) is 0 Å². The Morgan fingerprint density at radius 3 is 2.37 bits per heavy atom. The van der Waals surface area contributed by atoms with Crippen molar-refractivity contribution in [3.63, 3.8) is 0 Å². The van der Waals surface area contributed by atoms with Gasteiger partial charge in [0.25, 0.3) is 0 Å². The fraction of sp³-hybridized carbons (Fsp3) is 0.786. The van der Waals surface area contributed by atoms with Crippen molar-refractivity contribution < 1.29 is 9.84 Å². The molecule has 1 aromatic heterocycles. The van der Waals surface area contributed by atoms with Crippen LogP contribution in [0.3, 0.4) is 0 Å². The first kappa shape index (κ1) is 16.5. The summed E-state index contributed by atoms with van der Waals surface area (Å²) in [7, 11) is 0. The third-order valence-electron chi connectivity index (χ3n) is 3.66. The van der Waals surface area contributed by atoms with Crippen molar-refractivity contribution in [1.82, 2.24) is 9.78 Å². The third-order valence-corrected chi connectivity index (χ3v) is 3.95. The average Bonchev–Trinajstić information content (AvgIpc) is 2.77. The minimum Gasteiger partial charge on any atom is -0.384 e. The highest BCUT2D eigenvalue weighted by atomic mass is 35.5. The number of aromatic nitrogens is 2. The van der Waals surface area contributed by atoms with Gasteiger partial charge < -0.3 is 9.84 Å². The SMILES string of the molecule is CCOC(CC)(CC)C(O)c1c(Cl)cnn1C(C)C. The van der Waals surface area contributed by atoms with Crippen LogP contribution in [0.25, 0.3) is 0 Å². The molecule has 0 saturated heterocycles. The zero-order chi connectivity index (χ0) is 14.6. The normalized spacial score (nSPS) is 14.1. The Morgan fingerprint density at radius 1 is 1.37 bits per heavy atom. The van der Waals surface area contributed by atoms with Crippen molar-refractivity contribution >= 4 is 11.6 Å². The van der Waals surface area contributed by atoms with Crippen LogP contribution in [0, 0.1) is 0 Å². The summed E-state index contributed by atoms with van der Waals surface area (Å²) < 4.78 is 7.62. The van der Waals surface area contributed by atoms with Gasteiger partial charge in [0.15, 0.2) is 0 Å². The number of nitrogens with zero attached hydrogens (tertiary/aromatic N) is 2. The molecule has 1 unspecified atom stereocenters. The summed E-state index contributed by atoms with van der Waals surface area (Å²) in [6, 6.07) is 0.144. The summed E-state index contributed by atoms with van der Waals surface area (Å²) in [4.78, 5) is 0. The predicted molar refractivity (Wildman–Crippen MR) is 77.5 cm³/mol. The lowest BCUT2D eigenvalue weighted by molar-refractivity contribution is -0.130. The standard InChI is InChI=1S/C14H25ClN2O2/c1-6-14(7-2,19-8-3)13(18)12-11(15)9-16-17(12)10(4)5/h9-10,13,18H,6-8H2,1-5H3. The van der Waals surface area contributed by atoms with Crippen molar-refractivity contribution in [2.24, 2.45) is 0 Å². The van der Waals surface area contributed by atoms with E-state index in [2.05, 4.69) is 5.10 Å². The molecule has 0 saturated carbocycles. The molecule has 1 N–H and O–H groups in total. The number of aliphatic hydroxyl groups is 1. The van der Waals surface area contributed by atoms with Crippen LogP contribution in [0.15, 0.2) is 6.20 Å². The van der Waals surface area contributed by atoms with Gasteiger partial charge in [0, 0.05) is 12.6 Å². The molecular formula is C14H25ClN2O2. The highest BCUT2D eigenvalue weighted by Gasteiger charge is 2.39. The zero-order valence-corrected chi connectivity index (χ0v) is 13.2. The van der Waals surface area contributed by atoms with Crippen LogP contribution in [0.5, 0.6) is 0 Å². The maximum atomic E-state index is 10.8. The van der Waals surface area contributed by atoms with Gasteiger partial charge in [-0.2, -0.15) is 5.10 Å². The van der Waals surface area contributed by atoms with E-state index in [9.17, 15) is 5.11 Å². The smallest absolute Gasteiger partial charge is 0.126 e. The minimum atomic E-state index is -0.778. The quantitative estimate of drug-likeness (QED) is 0.831. The lowest BCUT2D eigenvalue weighted by Gasteiger charge is -2.37. The first-order valence-electron chi connectivity index (χ1n) is 6.98. The molecule has 0 bridgehead atoms. The molecule has 5 heteroatoms. The van der Waals surface area contributed by atoms with Crippen LogP contribution >= 0.6 is 11.6 Å². The molecule has 1 aromatic rings. The van der Waals surface area contributed by atoms with Gasteiger partial charge in [-0.15, -0.1) is 0 Å². The van der Waals surface area contributed by atoms with Crippen LogP contribution in [0.1, 0.15) is 65.3 Å². The van der Waals surface area contributed by atoms with E-state index in [1.165, 1.54) is 0 Å². The van der Waals surface area contributed by atoms with E-state index in [1.54, 1.807) is 10.9 Å². The van der Waals surface area contributed by atoms with E-state index in [-0.39, 0.29) is 6.04 Å². The summed E-state index contributed by atoms with van der Waals surface area (Å²) in [5.74, 6) is 0. The Labute approximate surface area is 120 Å². The van der Waals surface area contributed by atoms with Gasteiger partial charge in [-0.05, 0) is 33.6 Å². The molecule has 0 amide bonds. The molecule has 4 nitrogen and oxygen atoms in total. The van der Waals surface area contributed by atoms with Gasteiger partial charge in [-0.3, -0.25) is 4.68 Å². The van der Waals surface area contributed by atoms with Gasteiger partial charge in [0.2, 0.25) is 0 Å². The van der Waals surface area contributed by atoms with Gasteiger partial charge in [-0.1, -0.05) is 25.4 Å². The number of hydrogen-bond donors (Lipinski definition) is 1. The monoisotopic (exact) mass is 288 g/mol. The maximum Gasteiger partial charge on any atom is 0.126 e. The third kappa shape index (κ3) is 3.12. The second-order valence-corrected chi connectivity index (χ2v) is 5.43. The fourth-order valence-electron chi connectivity index (χ4n) is 2.47. The first-order chi connectivity index (χ1) is 8.93. The minimum absolute atomic E-state index is 0.144. The van der Waals surface area contributed by atoms with Crippen LogP contribution in [0.2, 0.25) is 5.02 Å². The van der Waals surface area contributed by atoms with E-state index in [0.29, 0.717) is 17.3 Å². The molecule has 1 heterocycles. The van der Waals surface area contributed by atoms with Gasteiger partial charge in [0.1, 0.15) is 6.10 Å². The molecule has 0 aliphatic rings. The van der Waals surface area contributed by atoms with Crippen molar-refractivity contribution in [3.05, 3.63) is 16.9 Å². The molecule has 0 aliphatic carbocycles. The Balaban J connectivity index is 3.23. The van der Waals surface area contributed by atoms with Crippen LogP contribution in [-0.2, 0) is 4.74 Å². The first-order valence-corrected chi connectivity index (χ1v) is 7.36. The fourth-order valence-corrected chi connectivity index (χ4v) is 2.71. The van der Waals surface area contributed by atoms with Crippen molar-refractivity contribution in [2.45, 2.75) is 65.2 Å². The van der Waals surface area contributed by atoms with Gasteiger partial charge >= 0.3 is 0 Å². The second-order valence-electron chi connectivity index (χ2n) is 5.02. The summed E-state index contributed by atoms with van der Waals surface area (Å²) in [6.07, 6.45) is 2.25. The molecular weight excluding hydrogens is 264 g/mol. The van der Waals surface area contributed by atoms with Crippen LogP contribution in [-0.4, -0.2) is 27.1 Å². The summed E-state index contributed by atoms with van der Waals surface area (Å²) >= 11 is 6.21. The van der Waals surface area contributed by atoms with Gasteiger partial charge in [-0.25, -0.2) is 0 Å².